The molecular weight excluding hydrogens is 140 g/mol. The molecule has 1 aliphatic rings. The van der Waals surface area contributed by atoms with Crippen LogP contribution in [-0.4, -0.2) is 12.6 Å². The number of carbonyl (C=O) groups excluding carboxylic acids is 2. The van der Waals surface area contributed by atoms with Crippen LogP contribution in [0.2, 0.25) is 0 Å². The van der Waals surface area contributed by atoms with Gasteiger partial charge in [0.2, 0.25) is 0 Å². The normalized spacial score (nSPS) is 20.1. The Kier molecular flexibility index (Phi) is 2.42. The summed E-state index contributed by atoms with van der Waals surface area (Å²) in [7, 11) is 0. The monoisotopic (exact) mass is 154 g/mol. The van der Waals surface area contributed by atoms with Gasteiger partial charge in [-0.25, -0.2) is 0 Å². The van der Waals surface area contributed by atoms with Crippen LogP contribution in [0.5, 0.6) is 0 Å². The van der Waals surface area contributed by atoms with E-state index >= 15 is 0 Å². The minimum absolute atomic E-state index is 0.303. The van der Waals surface area contributed by atoms with E-state index in [-0.39, 0.29) is 0 Å². The summed E-state index contributed by atoms with van der Waals surface area (Å²) in [6.45, 7) is 1.74. The molecule has 0 radical (unpaired) electrons. The molecule has 1 saturated carbocycles. The Morgan fingerprint density at radius 2 is 1.64 bits per heavy atom. The fourth-order valence-electron chi connectivity index (χ4n) is 1.77. The predicted octanol–water partition coefficient (Wildman–Crippen LogP) is 1.58. The maximum atomic E-state index is 10.6. The van der Waals surface area contributed by atoms with Crippen LogP contribution in [0.4, 0.5) is 0 Å². The van der Waals surface area contributed by atoms with E-state index in [1.54, 1.807) is 6.92 Å². The zero-order chi connectivity index (χ0) is 8.32. The van der Waals surface area contributed by atoms with Crippen molar-refractivity contribution in [2.45, 2.75) is 32.6 Å². The molecule has 11 heavy (non-hydrogen) atoms. The summed E-state index contributed by atoms with van der Waals surface area (Å²) < 4.78 is 0. The van der Waals surface area contributed by atoms with Crippen LogP contribution in [0.1, 0.15) is 32.6 Å². The molecule has 0 spiro atoms. The summed E-state index contributed by atoms with van der Waals surface area (Å²) in [5, 5.41) is 0. The van der Waals surface area contributed by atoms with E-state index in [4.69, 9.17) is 0 Å². The first-order chi connectivity index (χ1) is 5.23. The summed E-state index contributed by atoms with van der Waals surface area (Å²) >= 11 is 0. The number of rotatable bonds is 3. The smallest absolute Gasteiger partial charge is 0.133 e. The van der Waals surface area contributed by atoms with Crippen molar-refractivity contribution in [3.05, 3.63) is 0 Å². The Morgan fingerprint density at radius 1 is 1.18 bits per heavy atom. The summed E-state index contributed by atoms with van der Waals surface area (Å²) in [5.41, 5.74) is -0.698. The first-order valence-corrected chi connectivity index (χ1v) is 4.15. The second-order valence-corrected chi connectivity index (χ2v) is 3.58. The van der Waals surface area contributed by atoms with E-state index in [2.05, 4.69) is 0 Å². The van der Waals surface area contributed by atoms with Crippen molar-refractivity contribution in [2.24, 2.45) is 11.3 Å². The molecule has 2 nitrogen and oxygen atoms in total. The van der Waals surface area contributed by atoms with Crippen molar-refractivity contribution in [1.82, 2.24) is 0 Å². The minimum atomic E-state index is -0.698. The van der Waals surface area contributed by atoms with Crippen LogP contribution in [0.25, 0.3) is 0 Å². The highest BCUT2D eigenvalue weighted by molar-refractivity contribution is 5.83. The van der Waals surface area contributed by atoms with Crippen molar-refractivity contribution in [3.63, 3.8) is 0 Å². The molecule has 0 aromatic carbocycles. The third-order valence-corrected chi connectivity index (χ3v) is 2.74. The standard InChI is InChI=1S/C9H14O2/c1-9(6-10,7-11)8-4-2-3-5-8/h6-8H,2-5H2,1H3. The third-order valence-electron chi connectivity index (χ3n) is 2.74. The van der Waals surface area contributed by atoms with Crippen LogP contribution in [0.3, 0.4) is 0 Å². The third kappa shape index (κ3) is 1.50. The highest BCUT2D eigenvalue weighted by Crippen LogP contribution is 2.36. The molecule has 2 heteroatoms. The fraction of sp³-hybridized carbons (Fsp3) is 0.778. The highest BCUT2D eigenvalue weighted by Gasteiger charge is 2.35. The van der Waals surface area contributed by atoms with Gasteiger partial charge in [-0.1, -0.05) is 12.8 Å². The van der Waals surface area contributed by atoms with Gasteiger partial charge in [-0.2, -0.15) is 0 Å². The lowest BCUT2D eigenvalue weighted by Crippen LogP contribution is -2.28. The molecule has 0 aromatic rings. The second-order valence-electron chi connectivity index (χ2n) is 3.58. The van der Waals surface area contributed by atoms with E-state index in [9.17, 15) is 9.59 Å². The Morgan fingerprint density at radius 3 is 2.00 bits per heavy atom. The number of aldehydes is 2. The van der Waals surface area contributed by atoms with E-state index in [0.717, 1.165) is 25.4 Å². The second kappa shape index (κ2) is 3.16. The lowest BCUT2D eigenvalue weighted by molar-refractivity contribution is -0.128. The van der Waals surface area contributed by atoms with Gasteiger partial charge in [-0.05, 0) is 25.7 Å². The molecule has 0 amide bonds. The maximum Gasteiger partial charge on any atom is 0.133 e. The van der Waals surface area contributed by atoms with Gasteiger partial charge < -0.3 is 9.59 Å². The molecule has 0 atom stereocenters. The molecular formula is C9H14O2. The highest BCUT2D eigenvalue weighted by atomic mass is 16.1. The molecule has 0 saturated heterocycles. The van der Waals surface area contributed by atoms with Crippen LogP contribution in [0.15, 0.2) is 0 Å². The first kappa shape index (κ1) is 8.44. The van der Waals surface area contributed by atoms with Gasteiger partial charge >= 0.3 is 0 Å². The predicted molar refractivity (Wildman–Crippen MR) is 42.2 cm³/mol. The SMILES string of the molecule is CC(C=O)(C=O)C1CCCC1. The molecule has 0 bridgehead atoms. The Hall–Kier alpha value is -0.660. The molecule has 1 rings (SSSR count). The molecule has 62 valence electrons. The van der Waals surface area contributed by atoms with Crippen LogP contribution < -0.4 is 0 Å². The molecule has 0 heterocycles. The van der Waals surface area contributed by atoms with E-state index in [0.29, 0.717) is 5.92 Å². The molecule has 0 N–H and O–H groups in total. The van der Waals surface area contributed by atoms with Gasteiger partial charge in [0.25, 0.3) is 0 Å². The zero-order valence-electron chi connectivity index (χ0n) is 6.88. The molecule has 0 aliphatic heterocycles. The van der Waals surface area contributed by atoms with Gasteiger partial charge in [-0.15, -0.1) is 0 Å². The quantitative estimate of drug-likeness (QED) is 0.457. The topological polar surface area (TPSA) is 34.1 Å². The Labute approximate surface area is 67.0 Å². The summed E-state index contributed by atoms with van der Waals surface area (Å²) in [4.78, 5) is 21.2. The summed E-state index contributed by atoms with van der Waals surface area (Å²) in [5.74, 6) is 0.303. The minimum Gasteiger partial charge on any atom is -0.302 e. The van der Waals surface area contributed by atoms with Gasteiger partial charge in [-0.3, -0.25) is 0 Å². The average Bonchev–Trinajstić information content (AvgIpc) is 2.55. The maximum absolute atomic E-state index is 10.6. The van der Waals surface area contributed by atoms with Crippen molar-refractivity contribution in [1.29, 1.82) is 0 Å². The van der Waals surface area contributed by atoms with Crippen LogP contribution in [-0.2, 0) is 9.59 Å². The largest absolute Gasteiger partial charge is 0.302 e. The van der Waals surface area contributed by atoms with Crippen molar-refractivity contribution in [2.75, 3.05) is 0 Å². The fourth-order valence-corrected chi connectivity index (χ4v) is 1.77. The number of carbonyl (C=O) groups is 2. The van der Waals surface area contributed by atoms with E-state index < -0.39 is 5.41 Å². The van der Waals surface area contributed by atoms with Gasteiger partial charge in [0.1, 0.15) is 12.6 Å². The molecule has 0 unspecified atom stereocenters. The van der Waals surface area contributed by atoms with Gasteiger partial charge in [0.15, 0.2) is 0 Å². The zero-order valence-corrected chi connectivity index (χ0v) is 6.88. The van der Waals surface area contributed by atoms with E-state index in [1.807, 2.05) is 0 Å². The lowest BCUT2D eigenvalue weighted by Gasteiger charge is -2.22. The van der Waals surface area contributed by atoms with Crippen molar-refractivity contribution >= 4 is 12.6 Å². The Bertz CT molecular complexity index is 149. The van der Waals surface area contributed by atoms with Crippen LogP contribution in [0, 0.1) is 11.3 Å². The number of hydrogen-bond acceptors (Lipinski definition) is 2. The van der Waals surface area contributed by atoms with E-state index in [1.165, 1.54) is 12.8 Å². The molecule has 0 aromatic heterocycles. The van der Waals surface area contributed by atoms with Crippen molar-refractivity contribution in [3.8, 4) is 0 Å². The lowest BCUT2D eigenvalue weighted by atomic mass is 9.79. The molecule has 1 aliphatic carbocycles. The summed E-state index contributed by atoms with van der Waals surface area (Å²) in [6.07, 6.45) is 6.01. The Balaban J connectivity index is 2.66. The number of hydrogen-bond donors (Lipinski definition) is 0. The first-order valence-electron chi connectivity index (χ1n) is 4.15. The summed E-state index contributed by atoms with van der Waals surface area (Å²) in [6, 6.07) is 0. The van der Waals surface area contributed by atoms with Gasteiger partial charge in [0.05, 0.1) is 5.41 Å². The van der Waals surface area contributed by atoms with Crippen LogP contribution >= 0.6 is 0 Å². The molecule has 1 fully saturated rings. The van der Waals surface area contributed by atoms with Crippen molar-refractivity contribution < 1.29 is 9.59 Å². The van der Waals surface area contributed by atoms with Gasteiger partial charge in [0, 0.05) is 0 Å². The average molecular weight is 154 g/mol.